The van der Waals surface area contributed by atoms with E-state index in [0.29, 0.717) is 24.0 Å². The molecule has 0 spiro atoms. The lowest BCUT2D eigenvalue weighted by Crippen LogP contribution is -2.29. The first-order valence-corrected chi connectivity index (χ1v) is 12.2. The van der Waals surface area contributed by atoms with E-state index in [1.165, 1.54) is 17.5 Å². The van der Waals surface area contributed by atoms with Gasteiger partial charge in [0.1, 0.15) is 23.8 Å². The summed E-state index contributed by atoms with van der Waals surface area (Å²) in [6.07, 6.45) is 8.96. The number of aryl methyl sites for hydroxylation is 3. The number of fused-ring (bicyclic) bond motifs is 1. The van der Waals surface area contributed by atoms with Gasteiger partial charge in [0, 0.05) is 23.9 Å². The van der Waals surface area contributed by atoms with E-state index in [0.717, 1.165) is 47.6 Å². The van der Waals surface area contributed by atoms with Crippen molar-refractivity contribution in [1.29, 1.82) is 0 Å². The van der Waals surface area contributed by atoms with E-state index < -0.39 is 0 Å². The molecule has 2 heterocycles. The SMILES string of the molecule is CCn1cc(CN2C(=O)/C(=C\c3ccc(OC)c(COc4ccc5c(c4)CCC5)c3)NC2=S)cn1. The number of carbonyl (C=O) groups is 1. The Kier molecular flexibility index (Phi) is 6.55. The average Bonchev–Trinajstić information content (AvgIpc) is 3.59. The molecule has 1 N–H and O–H groups in total. The van der Waals surface area contributed by atoms with E-state index in [-0.39, 0.29) is 5.91 Å². The van der Waals surface area contributed by atoms with Crippen molar-refractivity contribution >= 4 is 29.3 Å². The molecular formula is C27H28N4O3S. The minimum absolute atomic E-state index is 0.161. The summed E-state index contributed by atoms with van der Waals surface area (Å²) >= 11 is 5.43. The lowest BCUT2D eigenvalue weighted by atomic mass is 10.1. The number of nitrogens with one attached hydrogen (secondary N) is 1. The molecule has 1 amide bonds. The summed E-state index contributed by atoms with van der Waals surface area (Å²) in [5.41, 5.74) is 5.93. The molecule has 7 nitrogen and oxygen atoms in total. The van der Waals surface area contributed by atoms with Crippen LogP contribution in [0.25, 0.3) is 6.08 Å². The molecule has 3 aromatic rings. The van der Waals surface area contributed by atoms with Gasteiger partial charge in [0.15, 0.2) is 5.11 Å². The molecule has 0 radical (unpaired) electrons. The number of benzene rings is 2. The Bertz CT molecular complexity index is 1310. The number of rotatable bonds is 8. The Balaban J connectivity index is 1.31. The number of methoxy groups -OCH3 is 1. The summed E-state index contributed by atoms with van der Waals surface area (Å²) in [6, 6.07) is 12.1. The van der Waals surface area contributed by atoms with Crippen molar-refractivity contribution in [1.82, 2.24) is 20.0 Å². The van der Waals surface area contributed by atoms with E-state index in [4.69, 9.17) is 21.7 Å². The van der Waals surface area contributed by atoms with Crippen LogP contribution in [0.4, 0.5) is 0 Å². The summed E-state index contributed by atoms with van der Waals surface area (Å²) in [6.45, 7) is 3.54. The van der Waals surface area contributed by atoms with Crippen LogP contribution in [0, 0.1) is 0 Å². The lowest BCUT2D eigenvalue weighted by molar-refractivity contribution is -0.122. The normalized spacial score (nSPS) is 16.1. The maximum atomic E-state index is 13.0. The fraction of sp³-hybridized carbons (Fsp3) is 0.296. The van der Waals surface area contributed by atoms with Gasteiger partial charge in [0.05, 0.1) is 19.9 Å². The predicted molar refractivity (Wildman–Crippen MR) is 138 cm³/mol. The molecule has 8 heteroatoms. The molecule has 1 saturated heterocycles. The molecule has 180 valence electrons. The minimum atomic E-state index is -0.161. The number of carbonyl (C=O) groups excluding carboxylic acids is 1. The van der Waals surface area contributed by atoms with Crippen LogP contribution in [0.15, 0.2) is 54.5 Å². The minimum Gasteiger partial charge on any atom is -0.496 e. The van der Waals surface area contributed by atoms with Crippen LogP contribution >= 0.6 is 12.2 Å². The summed E-state index contributed by atoms with van der Waals surface area (Å²) in [5.74, 6) is 1.44. The van der Waals surface area contributed by atoms with E-state index in [9.17, 15) is 4.79 Å². The van der Waals surface area contributed by atoms with Crippen molar-refractivity contribution in [2.24, 2.45) is 0 Å². The number of aromatic nitrogens is 2. The molecule has 1 aliphatic heterocycles. The van der Waals surface area contributed by atoms with Gasteiger partial charge in [-0.15, -0.1) is 0 Å². The van der Waals surface area contributed by atoms with Gasteiger partial charge in [-0.05, 0) is 85.4 Å². The maximum Gasteiger partial charge on any atom is 0.276 e. The molecule has 35 heavy (non-hydrogen) atoms. The molecule has 1 fully saturated rings. The molecule has 0 saturated carbocycles. The van der Waals surface area contributed by atoms with Crippen molar-refractivity contribution < 1.29 is 14.3 Å². The van der Waals surface area contributed by atoms with E-state index >= 15 is 0 Å². The molecular weight excluding hydrogens is 460 g/mol. The van der Waals surface area contributed by atoms with Crippen molar-refractivity contribution in [2.75, 3.05) is 7.11 Å². The van der Waals surface area contributed by atoms with E-state index in [1.54, 1.807) is 18.2 Å². The zero-order valence-corrected chi connectivity index (χ0v) is 20.7. The highest BCUT2D eigenvalue weighted by atomic mass is 32.1. The summed E-state index contributed by atoms with van der Waals surface area (Å²) < 4.78 is 13.5. The van der Waals surface area contributed by atoms with Gasteiger partial charge >= 0.3 is 0 Å². The smallest absolute Gasteiger partial charge is 0.276 e. The number of hydrogen-bond donors (Lipinski definition) is 1. The number of thiocarbonyl (C=S) groups is 1. The third-order valence-corrected chi connectivity index (χ3v) is 6.72. The largest absolute Gasteiger partial charge is 0.496 e. The topological polar surface area (TPSA) is 68.6 Å². The highest BCUT2D eigenvalue weighted by molar-refractivity contribution is 7.80. The van der Waals surface area contributed by atoms with Crippen LogP contribution in [-0.4, -0.2) is 32.8 Å². The maximum absolute atomic E-state index is 13.0. The van der Waals surface area contributed by atoms with Crippen LogP contribution in [0.1, 0.15) is 41.2 Å². The van der Waals surface area contributed by atoms with Crippen LogP contribution < -0.4 is 14.8 Å². The zero-order valence-electron chi connectivity index (χ0n) is 19.9. The lowest BCUT2D eigenvalue weighted by Gasteiger charge is -2.12. The molecule has 2 aromatic carbocycles. The molecule has 1 aromatic heterocycles. The monoisotopic (exact) mass is 488 g/mol. The van der Waals surface area contributed by atoms with E-state index in [1.807, 2.05) is 48.1 Å². The Morgan fingerprint density at radius 1 is 1.17 bits per heavy atom. The van der Waals surface area contributed by atoms with Gasteiger partial charge in [-0.25, -0.2) is 0 Å². The number of nitrogens with zero attached hydrogens (tertiary/aromatic N) is 3. The van der Waals surface area contributed by atoms with Gasteiger partial charge in [0.2, 0.25) is 0 Å². The molecule has 0 bridgehead atoms. The van der Waals surface area contributed by atoms with Crippen molar-refractivity contribution in [3.63, 3.8) is 0 Å². The number of hydrogen-bond acceptors (Lipinski definition) is 5. The van der Waals surface area contributed by atoms with Crippen LogP contribution in [0.3, 0.4) is 0 Å². The summed E-state index contributed by atoms with van der Waals surface area (Å²) in [4.78, 5) is 14.6. The second kappa shape index (κ2) is 9.92. The first-order valence-electron chi connectivity index (χ1n) is 11.8. The standard InChI is InChI=1S/C27H28N4O3S/c1-3-30-15-19(14-28-30)16-31-26(32)24(29-27(31)35)12-18-7-10-25(33-2)22(11-18)17-34-23-9-8-20-5-4-6-21(20)13-23/h7-15H,3-6,16-17H2,1-2H3,(H,29,35)/b24-12+. The van der Waals surface area contributed by atoms with Crippen LogP contribution in [-0.2, 0) is 37.3 Å². The van der Waals surface area contributed by atoms with Crippen LogP contribution in [0.2, 0.25) is 0 Å². The summed E-state index contributed by atoms with van der Waals surface area (Å²) in [7, 11) is 1.64. The summed E-state index contributed by atoms with van der Waals surface area (Å²) in [5, 5.41) is 7.71. The molecule has 0 atom stereocenters. The van der Waals surface area contributed by atoms with E-state index in [2.05, 4.69) is 22.5 Å². The van der Waals surface area contributed by atoms with Crippen molar-refractivity contribution in [2.45, 2.75) is 45.9 Å². The Morgan fingerprint density at radius 2 is 2.03 bits per heavy atom. The second-order valence-electron chi connectivity index (χ2n) is 8.73. The Labute approximate surface area is 210 Å². The Hall–Kier alpha value is -3.65. The third-order valence-electron chi connectivity index (χ3n) is 6.39. The Morgan fingerprint density at radius 3 is 2.83 bits per heavy atom. The first-order chi connectivity index (χ1) is 17.0. The van der Waals surface area contributed by atoms with Gasteiger partial charge in [-0.2, -0.15) is 5.10 Å². The molecule has 1 aliphatic carbocycles. The molecule has 0 unspecified atom stereocenters. The average molecular weight is 489 g/mol. The second-order valence-corrected chi connectivity index (χ2v) is 9.11. The van der Waals surface area contributed by atoms with Crippen LogP contribution in [0.5, 0.6) is 11.5 Å². The molecule has 2 aliphatic rings. The molecule has 5 rings (SSSR count). The first kappa shape index (κ1) is 23.1. The van der Waals surface area contributed by atoms with Gasteiger partial charge in [-0.1, -0.05) is 12.1 Å². The van der Waals surface area contributed by atoms with Crippen molar-refractivity contribution in [3.05, 3.63) is 82.3 Å². The van der Waals surface area contributed by atoms with Gasteiger partial charge < -0.3 is 14.8 Å². The quantitative estimate of drug-likeness (QED) is 0.378. The third kappa shape index (κ3) is 4.93. The fourth-order valence-electron chi connectivity index (χ4n) is 4.53. The number of amides is 1. The fourth-order valence-corrected chi connectivity index (χ4v) is 4.78. The van der Waals surface area contributed by atoms with Gasteiger partial charge in [0.25, 0.3) is 5.91 Å². The number of ether oxygens (including phenoxy) is 2. The zero-order chi connectivity index (χ0) is 24.4. The highest BCUT2D eigenvalue weighted by Crippen LogP contribution is 2.28. The predicted octanol–water partition coefficient (Wildman–Crippen LogP) is 4.24. The van der Waals surface area contributed by atoms with Gasteiger partial charge in [-0.3, -0.25) is 14.4 Å². The highest BCUT2D eigenvalue weighted by Gasteiger charge is 2.31. The van der Waals surface area contributed by atoms with Crippen molar-refractivity contribution in [3.8, 4) is 11.5 Å².